The fourth-order valence-electron chi connectivity index (χ4n) is 2.48. The molecule has 1 amide bonds. The van der Waals surface area contributed by atoms with Gasteiger partial charge >= 0.3 is 0 Å². The van der Waals surface area contributed by atoms with Crippen molar-refractivity contribution in [1.82, 2.24) is 5.32 Å². The quantitative estimate of drug-likeness (QED) is 0.582. The Kier molecular flexibility index (Phi) is 5.60. The molecular weight excluding hydrogens is 356 g/mol. The number of para-hydroxylation sites is 2. The van der Waals surface area contributed by atoms with Crippen LogP contribution in [0.15, 0.2) is 42.5 Å². The summed E-state index contributed by atoms with van der Waals surface area (Å²) in [7, 11) is 1.41. The van der Waals surface area contributed by atoms with Crippen molar-refractivity contribution in [2.24, 2.45) is 0 Å². The summed E-state index contributed by atoms with van der Waals surface area (Å²) < 4.78 is 21.8. The van der Waals surface area contributed by atoms with E-state index in [-0.39, 0.29) is 30.7 Å². The van der Waals surface area contributed by atoms with Crippen LogP contribution in [0.5, 0.6) is 23.0 Å². The summed E-state index contributed by atoms with van der Waals surface area (Å²) in [6.07, 6.45) is -0.323. The molecule has 1 heterocycles. The van der Waals surface area contributed by atoms with Crippen LogP contribution >= 0.6 is 0 Å². The number of hydrogen-bond acceptors (Lipinski definition) is 7. The smallest absolute Gasteiger partial charge is 0.273 e. The summed E-state index contributed by atoms with van der Waals surface area (Å²) in [6, 6.07) is 11.2. The van der Waals surface area contributed by atoms with Crippen LogP contribution in [0.4, 0.5) is 5.69 Å². The van der Waals surface area contributed by atoms with Crippen molar-refractivity contribution >= 4 is 11.6 Å². The molecule has 2 aromatic rings. The lowest BCUT2D eigenvalue weighted by Crippen LogP contribution is -2.42. The zero-order valence-electron chi connectivity index (χ0n) is 14.5. The first-order chi connectivity index (χ1) is 13.1. The van der Waals surface area contributed by atoms with Crippen molar-refractivity contribution in [3.8, 4) is 23.0 Å². The highest BCUT2D eigenvalue weighted by Crippen LogP contribution is 2.31. The third kappa shape index (κ3) is 4.57. The molecule has 0 aromatic heterocycles. The molecule has 3 rings (SSSR count). The maximum Gasteiger partial charge on any atom is 0.273 e. The lowest BCUT2D eigenvalue weighted by molar-refractivity contribution is -0.385. The van der Waals surface area contributed by atoms with E-state index >= 15 is 0 Å². The highest BCUT2D eigenvalue weighted by Gasteiger charge is 2.21. The molecule has 1 N–H and O–H groups in total. The molecular formula is C18H18N2O7. The van der Waals surface area contributed by atoms with Crippen LogP contribution in [0.2, 0.25) is 0 Å². The largest absolute Gasteiger partial charge is 0.493 e. The lowest BCUT2D eigenvalue weighted by Gasteiger charge is -2.26. The molecule has 0 bridgehead atoms. The number of non-ortho nitro benzene ring substituents is 1. The van der Waals surface area contributed by atoms with Crippen LogP contribution < -0.4 is 24.3 Å². The Morgan fingerprint density at radius 3 is 2.78 bits per heavy atom. The molecule has 0 radical (unpaired) electrons. The zero-order valence-corrected chi connectivity index (χ0v) is 14.5. The van der Waals surface area contributed by atoms with Crippen molar-refractivity contribution in [1.29, 1.82) is 0 Å². The number of ether oxygens (including phenoxy) is 4. The van der Waals surface area contributed by atoms with Gasteiger partial charge in [-0.2, -0.15) is 0 Å². The number of benzene rings is 2. The predicted octanol–water partition coefficient (Wildman–Crippen LogP) is 1.94. The minimum Gasteiger partial charge on any atom is -0.493 e. The number of nitrogens with zero attached hydrogens (tertiary/aromatic N) is 1. The molecule has 0 fully saturated rings. The standard InChI is InChI=1S/C18H18N2O7/c1-24-14-7-6-12(20(22)23)8-17(14)26-11-18(21)19-9-13-10-25-15-4-2-3-5-16(15)27-13/h2-8,13H,9-11H2,1H3,(H,19,21). The van der Waals surface area contributed by atoms with E-state index in [4.69, 9.17) is 18.9 Å². The van der Waals surface area contributed by atoms with Gasteiger partial charge in [0.05, 0.1) is 24.6 Å². The van der Waals surface area contributed by atoms with E-state index in [1.807, 2.05) is 18.2 Å². The number of nitro groups is 1. The van der Waals surface area contributed by atoms with Gasteiger partial charge in [0, 0.05) is 6.07 Å². The number of rotatable bonds is 7. The average Bonchev–Trinajstić information content (AvgIpc) is 2.70. The number of carbonyl (C=O) groups excluding carboxylic acids is 1. The minimum atomic E-state index is -0.551. The molecule has 2 aromatic carbocycles. The van der Waals surface area contributed by atoms with E-state index in [0.717, 1.165) is 0 Å². The number of fused-ring (bicyclic) bond motifs is 1. The van der Waals surface area contributed by atoms with E-state index in [1.54, 1.807) is 6.07 Å². The Labute approximate surface area is 154 Å². The van der Waals surface area contributed by atoms with Crippen LogP contribution in [0.1, 0.15) is 0 Å². The number of amides is 1. The van der Waals surface area contributed by atoms with Crippen molar-refractivity contribution in [2.75, 3.05) is 26.9 Å². The predicted molar refractivity (Wildman–Crippen MR) is 94.5 cm³/mol. The third-order valence-corrected chi connectivity index (χ3v) is 3.81. The van der Waals surface area contributed by atoms with Crippen LogP contribution in [0, 0.1) is 10.1 Å². The topological polar surface area (TPSA) is 109 Å². The molecule has 1 unspecified atom stereocenters. The second-order valence-electron chi connectivity index (χ2n) is 5.68. The van der Waals surface area contributed by atoms with E-state index in [2.05, 4.69) is 5.32 Å². The van der Waals surface area contributed by atoms with Gasteiger partial charge in [0.1, 0.15) is 12.7 Å². The number of nitro benzene ring substituents is 1. The van der Waals surface area contributed by atoms with Gasteiger partial charge in [-0.15, -0.1) is 0 Å². The number of carbonyl (C=O) groups is 1. The minimum absolute atomic E-state index is 0.119. The molecule has 1 aliphatic rings. The summed E-state index contributed by atoms with van der Waals surface area (Å²) >= 11 is 0. The Morgan fingerprint density at radius 2 is 2.04 bits per heavy atom. The SMILES string of the molecule is COc1ccc([N+](=O)[O-])cc1OCC(=O)NCC1COc2ccccc2O1. The van der Waals surface area contributed by atoms with Gasteiger partial charge in [-0.3, -0.25) is 14.9 Å². The average molecular weight is 374 g/mol. The Bertz CT molecular complexity index is 840. The molecule has 1 aliphatic heterocycles. The molecule has 9 heteroatoms. The zero-order chi connectivity index (χ0) is 19.2. The first-order valence-corrected chi connectivity index (χ1v) is 8.17. The van der Waals surface area contributed by atoms with Gasteiger partial charge in [0.25, 0.3) is 11.6 Å². The van der Waals surface area contributed by atoms with E-state index in [9.17, 15) is 14.9 Å². The maximum atomic E-state index is 12.0. The molecule has 0 aliphatic carbocycles. The van der Waals surface area contributed by atoms with E-state index in [1.165, 1.54) is 25.3 Å². The van der Waals surface area contributed by atoms with E-state index < -0.39 is 10.8 Å². The summed E-state index contributed by atoms with van der Waals surface area (Å²) in [4.78, 5) is 22.3. The maximum absolute atomic E-state index is 12.0. The van der Waals surface area contributed by atoms with Gasteiger partial charge in [-0.25, -0.2) is 0 Å². The molecule has 9 nitrogen and oxygen atoms in total. The highest BCUT2D eigenvalue weighted by molar-refractivity contribution is 5.77. The fraction of sp³-hybridized carbons (Fsp3) is 0.278. The number of hydrogen-bond donors (Lipinski definition) is 1. The first-order valence-electron chi connectivity index (χ1n) is 8.17. The second kappa shape index (κ2) is 8.26. The van der Waals surface area contributed by atoms with E-state index in [0.29, 0.717) is 23.9 Å². The van der Waals surface area contributed by atoms with Gasteiger partial charge in [0.15, 0.2) is 29.6 Å². The second-order valence-corrected chi connectivity index (χ2v) is 5.68. The fourth-order valence-corrected chi connectivity index (χ4v) is 2.48. The third-order valence-electron chi connectivity index (χ3n) is 3.81. The lowest BCUT2D eigenvalue weighted by atomic mass is 10.2. The Balaban J connectivity index is 1.50. The molecule has 27 heavy (non-hydrogen) atoms. The van der Waals surface area contributed by atoms with Crippen LogP contribution in [0.25, 0.3) is 0 Å². The van der Waals surface area contributed by atoms with Crippen LogP contribution in [-0.4, -0.2) is 43.8 Å². The molecule has 142 valence electrons. The van der Waals surface area contributed by atoms with Gasteiger partial charge < -0.3 is 24.3 Å². The van der Waals surface area contributed by atoms with Gasteiger partial charge in [0.2, 0.25) is 0 Å². The first kappa shape index (κ1) is 18.3. The van der Waals surface area contributed by atoms with Crippen molar-refractivity contribution in [2.45, 2.75) is 6.10 Å². The normalized spacial score (nSPS) is 14.9. The van der Waals surface area contributed by atoms with Crippen molar-refractivity contribution in [3.05, 3.63) is 52.6 Å². The highest BCUT2D eigenvalue weighted by atomic mass is 16.6. The molecule has 1 atom stereocenters. The summed E-state index contributed by atoms with van der Waals surface area (Å²) in [5, 5.41) is 13.5. The van der Waals surface area contributed by atoms with Gasteiger partial charge in [-0.05, 0) is 18.2 Å². The molecule has 0 spiro atoms. The van der Waals surface area contributed by atoms with Crippen molar-refractivity contribution < 1.29 is 28.7 Å². The molecule has 0 saturated carbocycles. The summed E-state index contributed by atoms with van der Waals surface area (Å²) in [5.74, 6) is 1.31. The Hall–Kier alpha value is -3.49. The summed E-state index contributed by atoms with van der Waals surface area (Å²) in [5.41, 5.74) is -0.155. The summed E-state index contributed by atoms with van der Waals surface area (Å²) in [6.45, 7) is 0.237. The molecule has 0 saturated heterocycles. The number of nitrogens with one attached hydrogen (secondary N) is 1. The van der Waals surface area contributed by atoms with Crippen LogP contribution in [-0.2, 0) is 4.79 Å². The Morgan fingerprint density at radius 1 is 1.26 bits per heavy atom. The van der Waals surface area contributed by atoms with Crippen molar-refractivity contribution in [3.63, 3.8) is 0 Å². The monoisotopic (exact) mass is 374 g/mol. The van der Waals surface area contributed by atoms with Gasteiger partial charge in [-0.1, -0.05) is 12.1 Å². The number of methoxy groups -OCH3 is 1. The van der Waals surface area contributed by atoms with Crippen LogP contribution in [0.3, 0.4) is 0 Å².